The van der Waals surface area contributed by atoms with Gasteiger partial charge in [0.2, 0.25) is 5.69 Å². The third-order valence-electron chi connectivity index (χ3n) is 6.86. The molecule has 1 fully saturated rings. The number of sulfonamides is 1. The highest BCUT2D eigenvalue weighted by molar-refractivity contribution is 7.93. The molecule has 1 N–H and O–H groups in total. The van der Waals surface area contributed by atoms with Gasteiger partial charge in [-0.1, -0.05) is 36.0 Å². The molecule has 0 aliphatic carbocycles. The molecule has 2 heterocycles. The minimum absolute atomic E-state index is 0.0581. The summed E-state index contributed by atoms with van der Waals surface area (Å²) in [7, 11) is -0.616. The van der Waals surface area contributed by atoms with Crippen LogP contribution in [0.5, 0.6) is 0 Å². The van der Waals surface area contributed by atoms with E-state index in [2.05, 4.69) is 17.0 Å². The zero-order valence-electron chi connectivity index (χ0n) is 20.8. The van der Waals surface area contributed by atoms with Gasteiger partial charge in [0.15, 0.2) is 7.05 Å². The number of aryl methyl sites for hydroxylation is 3. The maximum absolute atomic E-state index is 13.6. The Hall–Kier alpha value is -1.42. The molecule has 11 heteroatoms. The number of rotatable bonds is 10. The van der Waals surface area contributed by atoms with Crippen molar-refractivity contribution in [1.29, 1.82) is 0 Å². The van der Waals surface area contributed by atoms with E-state index in [1.165, 1.54) is 19.3 Å². The van der Waals surface area contributed by atoms with Crippen LogP contribution in [0.1, 0.15) is 49.1 Å². The minimum atomic E-state index is -4.45. The van der Waals surface area contributed by atoms with Crippen molar-refractivity contribution in [2.45, 2.75) is 63.7 Å². The van der Waals surface area contributed by atoms with Crippen molar-refractivity contribution < 1.29 is 21.9 Å². The zero-order valence-corrected chi connectivity index (χ0v) is 23.1. The normalized spacial score (nSPS) is 15.8. The smallest absolute Gasteiger partial charge is 0.267 e. The SMILES string of the molecule is Cc1[nH][n+](C)c(C)c1N(CC(F)F)S(=O)(=O)c1c(Cl)cc(CCCCC2CCN(C)CC2)cc1Cl. The van der Waals surface area contributed by atoms with Crippen LogP contribution in [0.15, 0.2) is 17.0 Å². The number of hydrogen-bond acceptors (Lipinski definition) is 3. The lowest BCUT2D eigenvalue weighted by Crippen LogP contribution is -2.38. The predicted octanol–water partition coefficient (Wildman–Crippen LogP) is 5.28. The van der Waals surface area contributed by atoms with Crippen LogP contribution < -0.4 is 8.99 Å². The molecule has 6 nitrogen and oxygen atoms in total. The van der Waals surface area contributed by atoms with E-state index in [0.29, 0.717) is 15.7 Å². The molecule has 196 valence electrons. The van der Waals surface area contributed by atoms with Crippen molar-refractivity contribution in [3.8, 4) is 0 Å². The summed E-state index contributed by atoms with van der Waals surface area (Å²) in [5, 5.41) is 2.83. The van der Waals surface area contributed by atoms with Crippen LogP contribution in [0.4, 0.5) is 14.5 Å². The molecule has 1 saturated heterocycles. The molecule has 35 heavy (non-hydrogen) atoms. The van der Waals surface area contributed by atoms with Crippen LogP contribution in [0.2, 0.25) is 10.0 Å². The Morgan fingerprint density at radius 1 is 1.17 bits per heavy atom. The second-order valence-electron chi connectivity index (χ2n) is 9.54. The second-order valence-corrected chi connectivity index (χ2v) is 12.2. The number of aromatic amines is 1. The minimum Gasteiger partial charge on any atom is -0.306 e. The fraction of sp³-hybridized carbons (Fsp3) is 0.625. The summed E-state index contributed by atoms with van der Waals surface area (Å²) in [5.74, 6) is 0.758. The van der Waals surface area contributed by atoms with E-state index in [0.717, 1.165) is 43.8 Å². The molecule has 0 amide bonds. The Bertz CT molecular complexity index is 1110. The van der Waals surface area contributed by atoms with Crippen LogP contribution in [-0.2, 0) is 23.5 Å². The fourth-order valence-electron chi connectivity index (χ4n) is 4.85. The third kappa shape index (κ3) is 6.67. The molecule has 2 aromatic rings. The Labute approximate surface area is 217 Å². The number of halogens is 4. The number of anilines is 1. The van der Waals surface area contributed by atoms with Crippen LogP contribution in [0.3, 0.4) is 0 Å². The molecule has 0 bridgehead atoms. The van der Waals surface area contributed by atoms with Crippen molar-refractivity contribution >= 4 is 38.9 Å². The number of benzene rings is 1. The van der Waals surface area contributed by atoms with E-state index in [1.54, 1.807) is 37.7 Å². The van der Waals surface area contributed by atoms with Gasteiger partial charge in [-0.3, -0.25) is 4.31 Å². The Morgan fingerprint density at radius 2 is 1.77 bits per heavy atom. The summed E-state index contributed by atoms with van der Waals surface area (Å²) in [6.07, 6.45) is 3.50. The highest BCUT2D eigenvalue weighted by Gasteiger charge is 2.36. The van der Waals surface area contributed by atoms with E-state index in [4.69, 9.17) is 23.2 Å². The Balaban J connectivity index is 1.78. The summed E-state index contributed by atoms with van der Waals surface area (Å²) in [5.41, 5.74) is 1.95. The van der Waals surface area contributed by atoms with Gasteiger partial charge >= 0.3 is 0 Å². The average molecular weight is 553 g/mol. The van der Waals surface area contributed by atoms with Gasteiger partial charge in [0.05, 0.1) is 16.6 Å². The molecule has 0 unspecified atom stereocenters. The summed E-state index contributed by atoms with van der Waals surface area (Å²) < 4.78 is 56.4. The number of H-pyrrole nitrogens is 1. The molecule has 1 aliphatic rings. The maximum atomic E-state index is 13.6. The number of piperidine rings is 1. The number of hydrogen-bond donors (Lipinski definition) is 1. The van der Waals surface area contributed by atoms with E-state index >= 15 is 0 Å². The number of aromatic nitrogens is 2. The Morgan fingerprint density at radius 3 is 2.29 bits per heavy atom. The van der Waals surface area contributed by atoms with Gasteiger partial charge < -0.3 is 4.90 Å². The topological polar surface area (TPSA) is 60.3 Å². The molecule has 0 spiro atoms. The first-order valence-electron chi connectivity index (χ1n) is 11.9. The quantitative estimate of drug-likeness (QED) is 0.323. The van der Waals surface area contributed by atoms with Crippen LogP contribution in [0.25, 0.3) is 0 Å². The van der Waals surface area contributed by atoms with Crippen LogP contribution in [0, 0.1) is 19.8 Å². The second kappa shape index (κ2) is 11.8. The Kier molecular flexibility index (Phi) is 9.45. The van der Waals surface area contributed by atoms with Crippen molar-refractivity contribution in [1.82, 2.24) is 10.00 Å². The fourth-order valence-corrected chi connectivity index (χ4v) is 7.61. The van der Waals surface area contributed by atoms with Crippen LogP contribution >= 0.6 is 23.2 Å². The van der Waals surface area contributed by atoms with Crippen molar-refractivity contribution in [2.75, 3.05) is 31.0 Å². The summed E-state index contributed by atoms with van der Waals surface area (Å²) in [6, 6.07) is 3.18. The monoisotopic (exact) mass is 551 g/mol. The number of unbranched alkanes of at least 4 members (excludes halogenated alkanes) is 1. The summed E-state index contributed by atoms with van der Waals surface area (Å²) in [4.78, 5) is 2.01. The van der Waals surface area contributed by atoms with Gasteiger partial charge in [-0.2, -0.15) is 5.10 Å². The van der Waals surface area contributed by atoms with Gasteiger partial charge in [-0.15, -0.1) is 4.68 Å². The highest BCUT2D eigenvalue weighted by atomic mass is 35.5. The van der Waals surface area contributed by atoms with Gasteiger partial charge in [-0.25, -0.2) is 17.2 Å². The van der Waals surface area contributed by atoms with Gasteiger partial charge in [-0.05, 0) is 76.4 Å². The maximum Gasteiger partial charge on any atom is 0.267 e. The molecule has 0 saturated carbocycles. The van der Waals surface area contributed by atoms with Crippen molar-refractivity contribution in [3.63, 3.8) is 0 Å². The van der Waals surface area contributed by atoms with E-state index < -0.39 is 23.0 Å². The molecular weight excluding hydrogens is 517 g/mol. The molecule has 1 aromatic carbocycles. The van der Waals surface area contributed by atoms with E-state index in [9.17, 15) is 17.2 Å². The lowest BCUT2D eigenvalue weighted by molar-refractivity contribution is -0.732. The highest BCUT2D eigenvalue weighted by Crippen LogP contribution is 2.37. The van der Waals surface area contributed by atoms with Gasteiger partial charge in [0.1, 0.15) is 16.3 Å². The lowest BCUT2D eigenvalue weighted by atomic mass is 9.91. The first-order chi connectivity index (χ1) is 16.4. The summed E-state index contributed by atoms with van der Waals surface area (Å²) in [6.45, 7) is 4.58. The predicted molar refractivity (Wildman–Crippen MR) is 136 cm³/mol. The number of nitrogens with zero attached hydrogens (tertiary/aromatic N) is 3. The van der Waals surface area contributed by atoms with Gasteiger partial charge in [0, 0.05) is 6.92 Å². The third-order valence-corrected chi connectivity index (χ3v) is 9.55. The standard InChI is InChI=1S/C24H34Cl2F2N4O2S/c1-16-23(17(2)31(4)29-16)32(15-22(27)28)35(33,34)24-20(25)13-19(14-21(24)26)8-6-5-7-18-9-11-30(3)12-10-18/h13-14,18,22H,5-12,15H2,1-4H3/p+1. The molecule has 0 atom stereocenters. The molecule has 1 aliphatic heterocycles. The molecule has 0 radical (unpaired) electrons. The van der Waals surface area contributed by atoms with Crippen molar-refractivity contribution in [3.05, 3.63) is 39.1 Å². The number of likely N-dealkylation sites (tertiary alicyclic amines) is 1. The first-order valence-corrected chi connectivity index (χ1v) is 14.1. The first kappa shape index (κ1) is 28.2. The van der Waals surface area contributed by atoms with E-state index in [1.807, 2.05) is 0 Å². The summed E-state index contributed by atoms with van der Waals surface area (Å²) >= 11 is 12.8. The average Bonchev–Trinajstić information content (AvgIpc) is 3.01. The van der Waals surface area contributed by atoms with Gasteiger partial charge in [0.25, 0.3) is 16.4 Å². The van der Waals surface area contributed by atoms with Crippen molar-refractivity contribution in [2.24, 2.45) is 13.0 Å². The van der Waals surface area contributed by atoms with E-state index in [-0.39, 0.29) is 20.6 Å². The molecule has 3 rings (SSSR count). The molecule has 1 aromatic heterocycles. The number of nitrogens with one attached hydrogen (secondary N) is 1. The number of alkyl halides is 2. The molecular formula is C24H35Cl2F2N4O2S+. The largest absolute Gasteiger partial charge is 0.306 e. The zero-order chi connectivity index (χ0) is 25.9. The van der Waals surface area contributed by atoms with Crippen LogP contribution in [-0.4, -0.2) is 51.5 Å². The lowest BCUT2D eigenvalue weighted by Gasteiger charge is -2.28.